The highest BCUT2D eigenvalue weighted by Crippen LogP contribution is 2.52. The molecule has 0 fully saturated rings. The third kappa shape index (κ3) is 5.20. The van der Waals surface area contributed by atoms with Crippen LogP contribution in [0.1, 0.15) is 0 Å². The van der Waals surface area contributed by atoms with E-state index in [2.05, 4.69) is 260 Å². The van der Waals surface area contributed by atoms with E-state index in [1.165, 1.54) is 132 Å². The molecule has 0 radical (unpaired) electrons. The van der Waals surface area contributed by atoms with Gasteiger partial charge in [-0.2, -0.15) is 0 Å². The lowest BCUT2D eigenvalue weighted by molar-refractivity contribution is 1.29. The van der Waals surface area contributed by atoms with Crippen LogP contribution in [-0.4, -0.2) is 13.4 Å². The molecular weight excluding hydrogens is 978 g/mol. The number of para-hydroxylation sites is 4. The summed E-state index contributed by atoms with van der Waals surface area (Å²) in [4.78, 5) is 4.97. The van der Waals surface area contributed by atoms with Crippen molar-refractivity contribution in [3.05, 3.63) is 227 Å². The maximum atomic E-state index is 4.10. The monoisotopic (exact) mass is 1010 g/mol. The third-order valence-electron chi connectivity index (χ3n) is 15.8. The molecule has 0 aliphatic carbocycles. The molecule has 0 bridgehead atoms. The Bertz CT molecular complexity index is 3950. The van der Waals surface area contributed by atoms with E-state index in [9.17, 15) is 0 Å². The van der Waals surface area contributed by atoms with Gasteiger partial charge in [0.2, 0.25) is 13.4 Å². The van der Waals surface area contributed by atoms with Crippen molar-refractivity contribution in [1.29, 1.82) is 0 Å². The second-order valence-corrected chi connectivity index (χ2v) is 21.1. The molecule has 12 aromatic carbocycles. The lowest BCUT2D eigenvalue weighted by Crippen LogP contribution is -2.60. The fourth-order valence-corrected chi connectivity index (χ4v) is 14.2. The van der Waals surface area contributed by atoms with Crippen LogP contribution in [0.25, 0.3) is 76.8 Å². The van der Waals surface area contributed by atoms with Gasteiger partial charge in [0.05, 0.1) is 0 Å². The van der Waals surface area contributed by atoms with Gasteiger partial charge in [-0.3, -0.25) is 0 Å². The molecule has 12 aromatic rings. The predicted molar refractivity (Wildman–Crippen MR) is 306 cm³/mol. The summed E-state index contributed by atoms with van der Waals surface area (Å²) in [5.74, 6) is 0. The largest absolute Gasteiger partial charge is 0.311 e. The van der Waals surface area contributed by atoms with E-state index < -0.39 is 0 Å². The van der Waals surface area contributed by atoms with E-state index in [0.717, 1.165) is 20.3 Å². The van der Waals surface area contributed by atoms with E-state index in [0.29, 0.717) is 0 Å². The first-order valence-electron chi connectivity index (χ1n) is 24.1. The highest BCUT2D eigenvalue weighted by atomic mass is 79.9. The molecule has 0 saturated carbocycles. The molecule has 4 aliphatic rings. The summed E-state index contributed by atoms with van der Waals surface area (Å²) in [5.41, 5.74) is 25.3. The molecule has 2 nitrogen and oxygen atoms in total. The van der Waals surface area contributed by atoms with Crippen LogP contribution in [0.4, 0.5) is 34.1 Å². The minimum absolute atomic E-state index is 0.0000466. The maximum absolute atomic E-state index is 4.10. The molecule has 70 heavy (non-hydrogen) atoms. The van der Waals surface area contributed by atoms with E-state index >= 15 is 0 Å². The molecule has 0 saturated heterocycles. The molecule has 0 N–H and O–H groups in total. The molecule has 4 aliphatic heterocycles. The average molecular weight is 1010 g/mol. The summed E-state index contributed by atoms with van der Waals surface area (Å²) >= 11 is 8.20. The summed E-state index contributed by atoms with van der Waals surface area (Å²) in [7, 11) is 0. The summed E-state index contributed by atoms with van der Waals surface area (Å²) < 4.78 is 2.14. The topological polar surface area (TPSA) is 6.48 Å². The number of rotatable bonds is 4. The Hall–Kier alpha value is -7.63. The van der Waals surface area contributed by atoms with Gasteiger partial charge in [0.1, 0.15) is 0 Å². The first-order chi connectivity index (χ1) is 34.6. The van der Waals surface area contributed by atoms with Crippen LogP contribution in [0.15, 0.2) is 227 Å². The standard InChI is InChI=1S/C64H36B2Br2N2/c67-39-29-49-45-33-43(37-17-5-1-6-18-37)47-35-53-60-46(50-30-40(68)32-58-64(50)65(53)51-25-13-15-27-55(51)70(58)42-23-11-4-12-24-42)34-44(38-19-7-2-8-20-38)48-36-54(59(45)61(47)62(48)60)66-52-26-14-16-28-56(52)69(57(31-39)63(49)66)41-21-9-3-10-22-41/h1-36H. The van der Waals surface area contributed by atoms with Crippen molar-refractivity contribution < 1.29 is 0 Å². The molecule has 6 heteroatoms. The highest BCUT2D eigenvalue weighted by Gasteiger charge is 2.45. The lowest BCUT2D eigenvalue weighted by Gasteiger charge is -2.42. The molecule has 0 atom stereocenters. The predicted octanol–water partition coefficient (Wildman–Crippen LogP) is 14.0. The number of benzene rings is 12. The van der Waals surface area contributed by atoms with Crippen LogP contribution in [0.5, 0.6) is 0 Å². The second kappa shape index (κ2) is 14.5. The Kier molecular flexibility index (Phi) is 8.11. The zero-order valence-electron chi connectivity index (χ0n) is 37.6. The molecule has 0 spiro atoms. The lowest BCUT2D eigenvalue weighted by atomic mass is 9.31. The third-order valence-corrected chi connectivity index (χ3v) is 16.8. The van der Waals surface area contributed by atoms with Gasteiger partial charge in [-0.1, -0.05) is 188 Å². The molecule has 0 unspecified atom stereocenters. The van der Waals surface area contributed by atoms with E-state index in [1.54, 1.807) is 0 Å². The van der Waals surface area contributed by atoms with Crippen LogP contribution >= 0.6 is 31.9 Å². The summed E-state index contributed by atoms with van der Waals surface area (Å²) in [6, 6.07) is 82.2. The Morgan fingerprint density at radius 2 is 0.657 bits per heavy atom. The second-order valence-electron chi connectivity index (χ2n) is 19.3. The van der Waals surface area contributed by atoms with E-state index in [1.807, 2.05) is 0 Å². The zero-order chi connectivity index (χ0) is 45.9. The van der Waals surface area contributed by atoms with E-state index in [-0.39, 0.29) is 13.4 Å². The number of nitrogens with zero attached hydrogens (tertiary/aromatic N) is 2. The van der Waals surface area contributed by atoms with Gasteiger partial charge in [-0.25, -0.2) is 0 Å². The number of fused-ring (bicyclic) bond motifs is 8. The van der Waals surface area contributed by atoms with Crippen LogP contribution in [0.3, 0.4) is 0 Å². The van der Waals surface area contributed by atoms with Crippen LogP contribution in [0, 0.1) is 0 Å². The highest BCUT2D eigenvalue weighted by molar-refractivity contribution is 9.10. The molecular formula is C64H36B2Br2N2. The molecule has 0 amide bonds. The number of halogens is 2. The van der Waals surface area contributed by atoms with Crippen LogP contribution in [-0.2, 0) is 0 Å². The van der Waals surface area contributed by atoms with Crippen molar-refractivity contribution >= 4 is 145 Å². The van der Waals surface area contributed by atoms with Gasteiger partial charge in [-0.05, 0) is 171 Å². The Balaban J connectivity index is 1.12. The van der Waals surface area contributed by atoms with Crippen LogP contribution < -0.4 is 42.6 Å². The van der Waals surface area contributed by atoms with Gasteiger partial charge >= 0.3 is 0 Å². The minimum Gasteiger partial charge on any atom is -0.311 e. The van der Waals surface area contributed by atoms with Gasteiger partial charge in [0.15, 0.2) is 0 Å². The fraction of sp³-hybridized carbons (Fsp3) is 0. The first-order valence-corrected chi connectivity index (χ1v) is 25.7. The minimum atomic E-state index is 0.0000466. The summed E-state index contributed by atoms with van der Waals surface area (Å²) in [6.07, 6.45) is 0. The molecule has 0 aromatic heterocycles. The van der Waals surface area contributed by atoms with Gasteiger partial charge in [0, 0.05) is 43.1 Å². The number of anilines is 6. The SMILES string of the molecule is Brc1cc2c3c(c1)N(c1ccccc1)c1ccccc1B3c1cc3c(-c4ccccc4)cc4c5c(cc6c(-c7ccccc7)cc-2c1c6c35)B1c2ccccc2N(c2ccccc2)c2cc(Br)cc-4c21. The smallest absolute Gasteiger partial charge is 0.248 e. The average Bonchev–Trinajstić information content (AvgIpc) is 3.41. The molecule has 322 valence electrons. The normalized spacial score (nSPS) is 13.5. The number of hydrogen-bond donors (Lipinski definition) is 0. The maximum Gasteiger partial charge on any atom is 0.248 e. The summed E-state index contributed by atoms with van der Waals surface area (Å²) in [5, 5.41) is 8.02. The quantitative estimate of drug-likeness (QED) is 0.128. The fourth-order valence-electron chi connectivity index (χ4n) is 13.3. The number of hydrogen-bond acceptors (Lipinski definition) is 2. The first kappa shape index (κ1) is 39.2. The van der Waals surface area contributed by atoms with Gasteiger partial charge in [0.25, 0.3) is 0 Å². The van der Waals surface area contributed by atoms with Crippen molar-refractivity contribution in [2.75, 3.05) is 9.80 Å². The Morgan fingerprint density at radius 1 is 0.286 bits per heavy atom. The van der Waals surface area contributed by atoms with Crippen molar-refractivity contribution in [3.8, 4) is 44.5 Å². The van der Waals surface area contributed by atoms with Crippen molar-refractivity contribution in [1.82, 2.24) is 0 Å². The van der Waals surface area contributed by atoms with E-state index in [4.69, 9.17) is 0 Å². The van der Waals surface area contributed by atoms with Crippen molar-refractivity contribution in [2.45, 2.75) is 0 Å². The van der Waals surface area contributed by atoms with Gasteiger partial charge < -0.3 is 9.80 Å². The Morgan fingerprint density at radius 3 is 1.07 bits per heavy atom. The van der Waals surface area contributed by atoms with Crippen LogP contribution in [0.2, 0.25) is 0 Å². The molecule has 4 heterocycles. The van der Waals surface area contributed by atoms with Crippen molar-refractivity contribution in [3.63, 3.8) is 0 Å². The van der Waals surface area contributed by atoms with Gasteiger partial charge in [-0.15, -0.1) is 0 Å². The Labute approximate surface area is 423 Å². The zero-order valence-corrected chi connectivity index (χ0v) is 40.8. The summed E-state index contributed by atoms with van der Waals surface area (Å²) in [6.45, 7) is 0.0000931. The van der Waals surface area contributed by atoms with Crippen molar-refractivity contribution in [2.24, 2.45) is 0 Å². The molecule has 16 rings (SSSR count).